The SMILES string of the molecule is CCC(N)C1CCCN(Cc2cccc(Cl)c2)C1. The third-order valence-corrected chi connectivity index (χ3v) is 4.15. The van der Waals surface area contributed by atoms with Crippen molar-refractivity contribution in [2.75, 3.05) is 13.1 Å². The number of nitrogens with zero attached hydrogens (tertiary/aromatic N) is 1. The summed E-state index contributed by atoms with van der Waals surface area (Å²) in [5, 5.41) is 0.825. The van der Waals surface area contributed by atoms with Crippen LogP contribution in [0.15, 0.2) is 24.3 Å². The molecule has 1 fully saturated rings. The van der Waals surface area contributed by atoms with Crippen LogP contribution in [0.1, 0.15) is 31.7 Å². The summed E-state index contributed by atoms with van der Waals surface area (Å²) in [6, 6.07) is 8.51. The fourth-order valence-corrected chi connectivity index (χ4v) is 3.02. The molecule has 0 aromatic heterocycles. The van der Waals surface area contributed by atoms with Gasteiger partial charge in [0.25, 0.3) is 0 Å². The molecule has 0 radical (unpaired) electrons. The summed E-state index contributed by atoms with van der Waals surface area (Å²) >= 11 is 6.03. The minimum absolute atomic E-state index is 0.354. The average Bonchev–Trinajstić information content (AvgIpc) is 2.38. The lowest BCUT2D eigenvalue weighted by atomic mass is 9.89. The number of piperidine rings is 1. The van der Waals surface area contributed by atoms with Crippen molar-refractivity contribution in [1.82, 2.24) is 4.90 Å². The van der Waals surface area contributed by atoms with Crippen LogP contribution in [0.25, 0.3) is 0 Å². The molecular weight excluding hydrogens is 244 g/mol. The maximum absolute atomic E-state index is 6.18. The smallest absolute Gasteiger partial charge is 0.0409 e. The van der Waals surface area contributed by atoms with Crippen molar-refractivity contribution >= 4 is 11.6 Å². The molecule has 2 unspecified atom stereocenters. The highest BCUT2D eigenvalue weighted by atomic mass is 35.5. The van der Waals surface area contributed by atoms with Crippen molar-refractivity contribution in [3.8, 4) is 0 Å². The maximum Gasteiger partial charge on any atom is 0.0409 e. The molecule has 2 nitrogen and oxygen atoms in total. The molecule has 0 spiro atoms. The first kappa shape index (κ1) is 13.9. The molecule has 0 bridgehead atoms. The molecule has 1 aliphatic heterocycles. The van der Waals surface area contributed by atoms with Gasteiger partial charge in [-0.3, -0.25) is 4.90 Å². The fraction of sp³-hybridized carbons (Fsp3) is 0.600. The van der Waals surface area contributed by atoms with Crippen molar-refractivity contribution in [3.63, 3.8) is 0 Å². The zero-order valence-electron chi connectivity index (χ0n) is 11.1. The van der Waals surface area contributed by atoms with Crippen LogP contribution in [0, 0.1) is 5.92 Å². The topological polar surface area (TPSA) is 29.3 Å². The predicted molar refractivity (Wildman–Crippen MR) is 77.7 cm³/mol. The van der Waals surface area contributed by atoms with E-state index >= 15 is 0 Å². The number of rotatable bonds is 4. The monoisotopic (exact) mass is 266 g/mol. The lowest BCUT2D eigenvalue weighted by Crippen LogP contribution is -2.42. The number of nitrogens with two attached hydrogens (primary N) is 1. The molecule has 3 heteroatoms. The Morgan fingerprint density at radius 1 is 1.50 bits per heavy atom. The molecule has 1 aromatic rings. The highest BCUT2D eigenvalue weighted by Gasteiger charge is 2.23. The summed E-state index contributed by atoms with van der Waals surface area (Å²) < 4.78 is 0. The molecule has 1 aromatic carbocycles. The van der Waals surface area contributed by atoms with E-state index in [4.69, 9.17) is 17.3 Å². The average molecular weight is 267 g/mol. The summed E-state index contributed by atoms with van der Waals surface area (Å²) in [5.41, 5.74) is 7.48. The van der Waals surface area contributed by atoms with E-state index in [1.807, 2.05) is 12.1 Å². The molecule has 2 rings (SSSR count). The molecular formula is C15H23ClN2. The second-order valence-electron chi connectivity index (χ2n) is 5.34. The van der Waals surface area contributed by atoms with Gasteiger partial charge in [0.2, 0.25) is 0 Å². The van der Waals surface area contributed by atoms with Gasteiger partial charge in [-0.05, 0) is 49.4 Å². The minimum atomic E-state index is 0.354. The molecule has 2 atom stereocenters. The Hall–Kier alpha value is -0.570. The molecule has 0 saturated carbocycles. The Balaban J connectivity index is 1.93. The molecule has 100 valence electrons. The van der Waals surface area contributed by atoms with E-state index in [1.165, 1.54) is 24.9 Å². The van der Waals surface area contributed by atoms with Crippen molar-refractivity contribution in [2.45, 2.75) is 38.8 Å². The van der Waals surface area contributed by atoms with Crippen LogP contribution in [0.5, 0.6) is 0 Å². The van der Waals surface area contributed by atoms with Gasteiger partial charge in [-0.2, -0.15) is 0 Å². The van der Waals surface area contributed by atoms with E-state index in [9.17, 15) is 0 Å². The molecule has 1 aliphatic rings. The van der Waals surface area contributed by atoms with Crippen LogP contribution in [0.2, 0.25) is 5.02 Å². The highest BCUT2D eigenvalue weighted by molar-refractivity contribution is 6.30. The largest absolute Gasteiger partial charge is 0.327 e. The van der Waals surface area contributed by atoms with E-state index in [-0.39, 0.29) is 0 Å². The van der Waals surface area contributed by atoms with E-state index < -0.39 is 0 Å². The van der Waals surface area contributed by atoms with Crippen molar-refractivity contribution in [3.05, 3.63) is 34.9 Å². The summed E-state index contributed by atoms with van der Waals surface area (Å²) in [7, 11) is 0. The van der Waals surface area contributed by atoms with E-state index in [0.29, 0.717) is 12.0 Å². The quantitative estimate of drug-likeness (QED) is 0.906. The van der Waals surface area contributed by atoms with Gasteiger partial charge in [-0.1, -0.05) is 30.7 Å². The molecule has 0 amide bonds. The minimum Gasteiger partial charge on any atom is -0.327 e. The second-order valence-corrected chi connectivity index (χ2v) is 5.78. The molecule has 1 heterocycles. The lowest BCUT2D eigenvalue weighted by molar-refractivity contribution is 0.149. The highest BCUT2D eigenvalue weighted by Crippen LogP contribution is 2.22. The van der Waals surface area contributed by atoms with Gasteiger partial charge in [-0.15, -0.1) is 0 Å². The van der Waals surface area contributed by atoms with Crippen LogP contribution < -0.4 is 5.73 Å². The van der Waals surface area contributed by atoms with Gasteiger partial charge < -0.3 is 5.73 Å². The van der Waals surface area contributed by atoms with Crippen LogP contribution >= 0.6 is 11.6 Å². The van der Waals surface area contributed by atoms with Gasteiger partial charge >= 0.3 is 0 Å². The number of hydrogen-bond donors (Lipinski definition) is 1. The molecule has 18 heavy (non-hydrogen) atoms. The van der Waals surface area contributed by atoms with Crippen LogP contribution in [-0.2, 0) is 6.54 Å². The van der Waals surface area contributed by atoms with E-state index in [0.717, 1.165) is 24.5 Å². The Kier molecular flexibility index (Phi) is 5.04. The Labute approximate surface area is 115 Å². The number of halogens is 1. The van der Waals surface area contributed by atoms with Gasteiger partial charge in [0.15, 0.2) is 0 Å². The van der Waals surface area contributed by atoms with Gasteiger partial charge in [0, 0.05) is 24.2 Å². The standard InChI is InChI=1S/C15H23ClN2/c1-2-15(17)13-6-4-8-18(11-13)10-12-5-3-7-14(16)9-12/h3,5,7,9,13,15H,2,4,6,8,10-11,17H2,1H3. The van der Waals surface area contributed by atoms with Crippen LogP contribution in [-0.4, -0.2) is 24.0 Å². The maximum atomic E-state index is 6.18. The first-order valence-electron chi connectivity index (χ1n) is 6.91. The van der Waals surface area contributed by atoms with Crippen molar-refractivity contribution in [2.24, 2.45) is 11.7 Å². The first-order chi connectivity index (χ1) is 8.69. The zero-order valence-corrected chi connectivity index (χ0v) is 11.9. The lowest BCUT2D eigenvalue weighted by Gasteiger charge is -2.35. The fourth-order valence-electron chi connectivity index (χ4n) is 2.81. The molecule has 1 saturated heterocycles. The molecule has 0 aliphatic carbocycles. The van der Waals surface area contributed by atoms with Gasteiger partial charge in [-0.25, -0.2) is 0 Å². The van der Waals surface area contributed by atoms with E-state index in [2.05, 4.69) is 24.0 Å². The normalized spacial score (nSPS) is 22.9. The summed E-state index contributed by atoms with van der Waals surface area (Å²) in [4.78, 5) is 2.51. The van der Waals surface area contributed by atoms with Crippen molar-refractivity contribution < 1.29 is 0 Å². The first-order valence-corrected chi connectivity index (χ1v) is 7.29. The van der Waals surface area contributed by atoms with Gasteiger partial charge in [0.05, 0.1) is 0 Å². The summed E-state index contributed by atoms with van der Waals surface area (Å²) in [6.07, 6.45) is 3.62. The third-order valence-electron chi connectivity index (χ3n) is 3.91. The summed E-state index contributed by atoms with van der Waals surface area (Å²) in [5.74, 6) is 0.655. The predicted octanol–water partition coefficient (Wildman–Crippen LogP) is 3.29. The Morgan fingerprint density at radius 2 is 2.33 bits per heavy atom. The second kappa shape index (κ2) is 6.55. The Morgan fingerprint density at radius 3 is 3.06 bits per heavy atom. The van der Waals surface area contributed by atoms with Gasteiger partial charge in [0.1, 0.15) is 0 Å². The number of hydrogen-bond acceptors (Lipinski definition) is 2. The molecule has 2 N–H and O–H groups in total. The number of likely N-dealkylation sites (tertiary alicyclic amines) is 1. The Bertz CT molecular complexity index is 381. The van der Waals surface area contributed by atoms with Crippen LogP contribution in [0.4, 0.5) is 0 Å². The zero-order chi connectivity index (χ0) is 13.0. The summed E-state index contributed by atoms with van der Waals surface area (Å²) in [6.45, 7) is 5.48. The third kappa shape index (κ3) is 3.71. The van der Waals surface area contributed by atoms with E-state index in [1.54, 1.807) is 0 Å². The van der Waals surface area contributed by atoms with Crippen molar-refractivity contribution in [1.29, 1.82) is 0 Å². The number of benzene rings is 1. The van der Waals surface area contributed by atoms with Crippen LogP contribution in [0.3, 0.4) is 0 Å².